The highest BCUT2D eigenvalue weighted by atomic mass is 16.5. The van der Waals surface area contributed by atoms with E-state index in [-0.39, 0.29) is 11.8 Å². The topological polar surface area (TPSA) is 58.6 Å². The molecule has 2 amide bonds. The SMILES string of the molecule is COc1ccc(CNC(=O)C(c2ccccc2)N2Cc3ccccc3C2=O)cc1. The first-order valence-corrected chi connectivity index (χ1v) is 9.52. The number of hydrogen-bond donors (Lipinski definition) is 1. The second-order valence-corrected chi connectivity index (χ2v) is 6.97. The Kier molecular flexibility index (Phi) is 5.29. The molecule has 0 aliphatic carbocycles. The van der Waals surface area contributed by atoms with Crippen molar-refractivity contribution in [3.8, 4) is 5.75 Å². The van der Waals surface area contributed by atoms with Crippen LogP contribution in [-0.4, -0.2) is 23.8 Å². The number of nitrogens with zero attached hydrogens (tertiary/aromatic N) is 1. The van der Waals surface area contributed by atoms with Gasteiger partial charge in [0.05, 0.1) is 7.11 Å². The maximum atomic E-state index is 13.2. The molecule has 0 bridgehead atoms. The Balaban J connectivity index is 1.56. The quantitative estimate of drug-likeness (QED) is 0.703. The average molecular weight is 386 g/mol. The van der Waals surface area contributed by atoms with E-state index in [1.807, 2.05) is 78.9 Å². The second-order valence-electron chi connectivity index (χ2n) is 6.97. The molecule has 1 unspecified atom stereocenters. The van der Waals surface area contributed by atoms with Crippen molar-refractivity contribution in [1.29, 1.82) is 0 Å². The Morgan fingerprint density at radius 2 is 1.69 bits per heavy atom. The van der Waals surface area contributed by atoms with Crippen molar-refractivity contribution < 1.29 is 14.3 Å². The molecule has 0 radical (unpaired) electrons. The minimum Gasteiger partial charge on any atom is -0.497 e. The molecule has 3 aromatic carbocycles. The molecule has 1 aliphatic rings. The van der Waals surface area contributed by atoms with E-state index in [2.05, 4.69) is 5.32 Å². The number of ether oxygens (including phenoxy) is 1. The molecule has 0 fully saturated rings. The van der Waals surface area contributed by atoms with Crippen molar-refractivity contribution in [3.05, 3.63) is 101 Å². The van der Waals surface area contributed by atoms with Gasteiger partial charge in [-0.1, -0.05) is 60.7 Å². The summed E-state index contributed by atoms with van der Waals surface area (Å²) in [5.74, 6) is 0.449. The van der Waals surface area contributed by atoms with Gasteiger partial charge in [-0.25, -0.2) is 0 Å². The zero-order valence-electron chi connectivity index (χ0n) is 16.2. The molecule has 146 valence electrons. The van der Waals surface area contributed by atoms with Gasteiger partial charge in [-0.2, -0.15) is 0 Å². The van der Waals surface area contributed by atoms with Crippen molar-refractivity contribution in [1.82, 2.24) is 10.2 Å². The van der Waals surface area contributed by atoms with Gasteiger partial charge in [-0.15, -0.1) is 0 Å². The molecule has 4 rings (SSSR count). The van der Waals surface area contributed by atoms with Gasteiger partial charge < -0.3 is 15.0 Å². The van der Waals surface area contributed by atoms with Gasteiger partial charge in [0.25, 0.3) is 5.91 Å². The van der Waals surface area contributed by atoms with Gasteiger partial charge in [0, 0.05) is 18.7 Å². The van der Waals surface area contributed by atoms with Gasteiger partial charge in [-0.05, 0) is 34.9 Å². The number of nitrogens with one attached hydrogen (secondary N) is 1. The highest BCUT2D eigenvalue weighted by molar-refractivity contribution is 6.01. The molecule has 1 atom stereocenters. The summed E-state index contributed by atoms with van der Waals surface area (Å²) in [7, 11) is 1.62. The highest BCUT2D eigenvalue weighted by Crippen LogP contribution is 2.31. The minimum atomic E-state index is -0.686. The first-order valence-electron chi connectivity index (χ1n) is 9.52. The molecule has 0 saturated heterocycles. The summed E-state index contributed by atoms with van der Waals surface area (Å²) in [5, 5.41) is 2.99. The molecule has 3 aromatic rings. The van der Waals surface area contributed by atoms with E-state index in [9.17, 15) is 9.59 Å². The van der Waals surface area contributed by atoms with Crippen LogP contribution in [0.4, 0.5) is 0 Å². The largest absolute Gasteiger partial charge is 0.497 e. The van der Waals surface area contributed by atoms with Crippen molar-refractivity contribution in [2.45, 2.75) is 19.1 Å². The van der Waals surface area contributed by atoms with Crippen LogP contribution in [0.1, 0.15) is 33.1 Å². The zero-order valence-corrected chi connectivity index (χ0v) is 16.2. The van der Waals surface area contributed by atoms with E-state index in [4.69, 9.17) is 4.74 Å². The molecular weight excluding hydrogens is 364 g/mol. The molecule has 0 spiro atoms. The summed E-state index contributed by atoms with van der Waals surface area (Å²) in [6, 6.07) is 23.8. The van der Waals surface area contributed by atoms with E-state index in [0.29, 0.717) is 18.7 Å². The van der Waals surface area contributed by atoms with E-state index in [0.717, 1.165) is 22.4 Å². The Morgan fingerprint density at radius 1 is 1.00 bits per heavy atom. The van der Waals surface area contributed by atoms with E-state index < -0.39 is 6.04 Å². The maximum Gasteiger partial charge on any atom is 0.255 e. The molecular formula is C24H22N2O3. The molecule has 1 aliphatic heterocycles. The standard InChI is InChI=1S/C24H22N2O3/c1-29-20-13-11-17(12-14-20)15-25-23(27)22(18-7-3-2-4-8-18)26-16-19-9-5-6-10-21(19)24(26)28/h2-14,22H,15-16H2,1H3,(H,25,27). The van der Waals surface area contributed by atoms with Crippen LogP contribution in [0.5, 0.6) is 5.75 Å². The first-order chi connectivity index (χ1) is 14.2. The Labute approximate surface area is 169 Å². The summed E-state index contributed by atoms with van der Waals surface area (Å²) in [6.45, 7) is 0.797. The van der Waals surface area contributed by atoms with Gasteiger partial charge in [-0.3, -0.25) is 9.59 Å². The van der Waals surface area contributed by atoms with E-state index >= 15 is 0 Å². The lowest BCUT2D eigenvalue weighted by molar-refractivity contribution is -0.126. The Hall–Kier alpha value is -3.60. The summed E-state index contributed by atoms with van der Waals surface area (Å²) >= 11 is 0. The summed E-state index contributed by atoms with van der Waals surface area (Å²) in [4.78, 5) is 27.8. The number of amides is 2. The summed E-state index contributed by atoms with van der Waals surface area (Å²) < 4.78 is 5.17. The molecule has 1 heterocycles. The molecule has 0 aromatic heterocycles. The lowest BCUT2D eigenvalue weighted by Gasteiger charge is -2.27. The van der Waals surface area contributed by atoms with Gasteiger partial charge in [0.15, 0.2) is 0 Å². The third-order valence-corrected chi connectivity index (χ3v) is 5.15. The smallest absolute Gasteiger partial charge is 0.255 e. The summed E-state index contributed by atoms with van der Waals surface area (Å²) in [5.41, 5.74) is 3.36. The van der Waals surface area contributed by atoms with Crippen LogP contribution < -0.4 is 10.1 Å². The molecule has 29 heavy (non-hydrogen) atoms. The van der Waals surface area contributed by atoms with Gasteiger partial charge in [0.2, 0.25) is 5.91 Å². The predicted molar refractivity (Wildman–Crippen MR) is 110 cm³/mol. The van der Waals surface area contributed by atoms with Crippen LogP contribution in [0.3, 0.4) is 0 Å². The van der Waals surface area contributed by atoms with Gasteiger partial charge >= 0.3 is 0 Å². The fourth-order valence-electron chi connectivity index (χ4n) is 3.62. The van der Waals surface area contributed by atoms with Crippen molar-refractivity contribution in [2.75, 3.05) is 7.11 Å². The van der Waals surface area contributed by atoms with Crippen LogP contribution >= 0.6 is 0 Å². The monoisotopic (exact) mass is 386 g/mol. The minimum absolute atomic E-state index is 0.117. The van der Waals surface area contributed by atoms with Crippen molar-refractivity contribution in [3.63, 3.8) is 0 Å². The normalized spacial score (nSPS) is 13.7. The van der Waals surface area contributed by atoms with Crippen LogP contribution in [-0.2, 0) is 17.9 Å². The molecule has 0 saturated carbocycles. The number of carbonyl (C=O) groups excluding carboxylic acids is 2. The zero-order chi connectivity index (χ0) is 20.2. The number of hydrogen-bond acceptors (Lipinski definition) is 3. The fraction of sp³-hybridized carbons (Fsp3) is 0.167. The number of carbonyl (C=O) groups is 2. The first kappa shape index (κ1) is 18.7. The molecule has 5 heteroatoms. The number of rotatable bonds is 6. The third kappa shape index (κ3) is 3.85. The lowest BCUT2D eigenvalue weighted by Crippen LogP contribution is -2.40. The van der Waals surface area contributed by atoms with Gasteiger partial charge in [0.1, 0.15) is 11.8 Å². The van der Waals surface area contributed by atoms with Crippen LogP contribution in [0.15, 0.2) is 78.9 Å². The maximum absolute atomic E-state index is 13.2. The van der Waals surface area contributed by atoms with Crippen LogP contribution in [0.2, 0.25) is 0 Å². The second kappa shape index (κ2) is 8.19. The number of benzene rings is 3. The third-order valence-electron chi connectivity index (χ3n) is 5.15. The highest BCUT2D eigenvalue weighted by Gasteiger charge is 2.37. The number of fused-ring (bicyclic) bond motifs is 1. The lowest BCUT2D eigenvalue weighted by atomic mass is 10.0. The molecule has 1 N–H and O–H groups in total. The van der Waals surface area contributed by atoms with Crippen molar-refractivity contribution in [2.24, 2.45) is 0 Å². The molecule has 5 nitrogen and oxygen atoms in total. The van der Waals surface area contributed by atoms with Crippen LogP contribution in [0, 0.1) is 0 Å². The van der Waals surface area contributed by atoms with E-state index in [1.165, 1.54) is 0 Å². The average Bonchev–Trinajstić information content (AvgIpc) is 3.10. The number of methoxy groups -OCH3 is 1. The fourth-order valence-corrected chi connectivity index (χ4v) is 3.62. The Morgan fingerprint density at radius 3 is 2.38 bits per heavy atom. The predicted octanol–water partition coefficient (Wildman–Crippen LogP) is 3.71. The van der Waals surface area contributed by atoms with E-state index in [1.54, 1.807) is 12.0 Å². The Bertz CT molecular complexity index is 1020. The summed E-state index contributed by atoms with van der Waals surface area (Å²) in [6.07, 6.45) is 0. The van der Waals surface area contributed by atoms with Crippen LogP contribution in [0.25, 0.3) is 0 Å². The van der Waals surface area contributed by atoms with Crippen molar-refractivity contribution >= 4 is 11.8 Å².